The van der Waals surface area contributed by atoms with E-state index in [-0.39, 0.29) is 15.5 Å². The van der Waals surface area contributed by atoms with Gasteiger partial charge in [0.15, 0.2) is 17.3 Å². The van der Waals surface area contributed by atoms with Crippen LogP contribution in [0.1, 0.15) is 22.3 Å². The second-order valence-electron chi connectivity index (χ2n) is 7.27. The van der Waals surface area contributed by atoms with Crippen molar-refractivity contribution in [2.24, 2.45) is 0 Å². The highest BCUT2D eigenvalue weighted by Crippen LogP contribution is 2.44. The second kappa shape index (κ2) is 8.63. The van der Waals surface area contributed by atoms with Gasteiger partial charge in [0.1, 0.15) is 0 Å². The first-order valence-electron chi connectivity index (χ1n) is 9.87. The number of aromatic nitrogens is 1. The molecule has 0 N–H and O–H groups in total. The number of Topliss-reactive ketones (excluding diaryl/α,β-unsaturated/α-hetero) is 1. The topological polar surface area (TPSA) is 83.8 Å². The summed E-state index contributed by atoms with van der Waals surface area (Å²) in [5.74, 6) is 1.04. The van der Waals surface area contributed by atoms with E-state index in [0.29, 0.717) is 52.5 Å². The molecule has 4 rings (SSSR count). The normalized spacial score (nSPS) is 15.9. The largest absolute Gasteiger partial charge is 0.493 e. The van der Waals surface area contributed by atoms with Crippen LogP contribution in [0.4, 0.5) is 0 Å². The first kappa shape index (κ1) is 22.4. The van der Waals surface area contributed by atoms with Crippen LogP contribution in [0.2, 0.25) is 0 Å². The summed E-state index contributed by atoms with van der Waals surface area (Å²) >= 11 is 3.41. The fraction of sp³-hybridized carbons (Fsp3) is 0.261. The third-order valence-corrected chi connectivity index (χ3v) is 8.06. The molecular weight excluding hydrogens is 498 g/mol. The number of ether oxygens (including phenoxy) is 3. The summed E-state index contributed by atoms with van der Waals surface area (Å²) in [6, 6.07) is 11.5. The molecule has 1 aliphatic rings. The molecule has 9 heteroatoms. The summed E-state index contributed by atoms with van der Waals surface area (Å²) in [6.45, 7) is 0. The Bertz CT molecular complexity index is 1260. The van der Waals surface area contributed by atoms with E-state index < -0.39 is 10.0 Å². The summed E-state index contributed by atoms with van der Waals surface area (Å²) < 4.78 is 44.8. The van der Waals surface area contributed by atoms with Crippen LogP contribution < -0.4 is 14.2 Å². The van der Waals surface area contributed by atoms with Gasteiger partial charge in [-0.15, -0.1) is 0 Å². The maximum Gasteiger partial charge on any atom is 0.268 e. The minimum atomic E-state index is -3.97. The third kappa shape index (κ3) is 3.59. The van der Waals surface area contributed by atoms with Crippen molar-refractivity contribution in [3.8, 4) is 28.5 Å². The number of carbonyl (C=O) groups excluding carboxylic acids is 1. The number of hydrogen-bond donors (Lipinski definition) is 0. The molecule has 0 fully saturated rings. The number of halogens is 1. The number of benzene rings is 2. The van der Waals surface area contributed by atoms with E-state index in [1.54, 1.807) is 30.3 Å². The van der Waals surface area contributed by atoms with Gasteiger partial charge < -0.3 is 14.2 Å². The standard InChI is InChI=1S/C23H22BrNO6S/c1-29-19-11-14(12-20(30-2)23(19)31-3)21-16-9-10-18(24)22(26)17(16)13-25(21)32(27,28)15-7-5-4-6-8-15/h4-8,11-13,18H,9-10H2,1-3H3. The van der Waals surface area contributed by atoms with Crippen LogP contribution in [0.3, 0.4) is 0 Å². The monoisotopic (exact) mass is 519 g/mol. The Balaban J connectivity index is 2.05. The van der Waals surface area contributed by atoms with E-state index in [1.165, 1.54) is 43.6 Å². The van der Waals surface area contributed by atoms with Gasteiger partial charge in [-0.2, -0.15) is 0 Å². The summed E-state index contributed by atoms with van der Waals surface area (Å²) in [6.07, 6.45) is 2.53. The van der Waals surface area contributed by atoms with Gasteiger partial charge in [0.2, 0.25) is 5.75 Å². The van der Waals surface area contributed by atoms with Gasteiger partial charge in [-0.3, -0.25) is 4.79 Å². The summed E-state index contributed by atoms with van der Waals surface area (Å²) in [5, 5.41) is 0. The van der Waals surface area contributed by atoms with Crippen molar-refractivity contribution in [2.75, 3.05) is 21.3 Å². The molecule has 0 saturated carbocycles. The Morgan fingerprint density at radius 2 is 1.62 bits per heavy atom. The van der Waals surface area contributed by atoms with Crippen LogP contribution in [0.25, 0.3) is 11.3 Å². The van der Waals surface area contributed by atoms with Crippen LogP contribution in [0.15, 0.2) is 53.6 Å². The lowest BCUT2D eigenvalue weighted by Gasteiger charge is -2.19. The smallest absolute Gasteiger partial charge is 0.268 e. The lowest BCUT2D eigenvalue weighted by atomic mass is 9.91. The molecule has 0 saturated heterocycles. The van der Waals surface area contributed by atoms with Crippen LogP contribution in [-0.4, -0.2) is 44.3 Å². The first-order valence-corrected chi connectivity index (χ1v) is 12.2. The van der Waals surface area contributed by atoms with Crippen molar-refractivity contribution >= 4 is 31.7 Å². The SMILES string of the molecule is COc1cc(-c2c3c(cn2S(=O)(=O)c2ccccc2)C(=O)C(Br)CC3)cc(OC)c1OC. The van der Waals surface area contributed by atoms with Gasteiger partial charge in [0.25, 0.3) is 10.0 Å². The highest BCUT2D eigenvalue weighted by atomic mass is 79.9. The Morgan fingerprint density at radius 1 is 1.00 bits per heavy atom. The van der Waals surface area contributed by atoms with Crippen molar-refractivity contribution in [2.45, 2.75) is 22.6 Å². The lowest BCUT2D eigenvalue weighted by molar-refractivity contribution is 0.0982. The molecule has 1 aliphatic carbocycles. The van der Waals surface area contributed by atoms with Crippen LogP contribution in [0, 0.1) is 0 Å². The van der Waals surface area contributed by atoms with Crippen molar-refractivity contribution in [3.63, 3.8) is 0 Å². The average Bonchev–Trinajstić information content (AvgIpc) is 3.22. The van der Waals surface area contributed by atoms with E-state index in [9.17, 15) is 13.2 Å². The fourth-order valence-electron chi connectivity index (χ4n) is 3.97. The molecule has 32 heavy (non-hydrogen) atoms. The van der Waals surface area contributed by atoms with Crippen molar-refractivity contribution in [3.05, 3.63) is 59.8 Å². The average molecular weight is 520 g/mol. The minimum Gasteiger partial charge on any atom is -0.493 e. The van der Waals surface area contributed by atoms with Gasteiger partial charge in [0.05, 0.1) is 36.7 Å². The van der Waals surface area contributed by atoms with Crippen molar-refractivity contribution < 1.29 is 27.4 Å². The fourth-order valence-corrected chi connectivity index (χ4v) is 5.88. The molecule has 0 radical (unpaired) electrons. The molecule has 1 heterocycles. The number of carbonyl (C=O) groups is 1. The molecule has 0 spiro atoms. The Kier molecular flexibility index (Phi) is 6.05. The van der Waals surface area contributed by atoms with E-state index in [4.69, 9.17) is 14.2 Å². The molecule has 0 bridgehead atoms. The highest BCUT2D eigenvalue weighted by Gasteiger charge is 2.34. The predicted octanol–water partition coefficient (Wildman–Crippen LogP) is 4.31. The third-order valence-electron chi connectivity index (χ3n) is 5.51. The summed E-state index contributed by atoms with van der Waals surface area (Å²) in [4.78, 5) is 12.7. The van der Waals surface area contributed by atoms with Crippen molar-refractivity contribution in [1.82, 2.24) is 3.97 Å². The Morgan fingerprint density at radius 3 is 2.19 bits per heavy atom. The van der Waals surface area contributed by atoms with Gasteiger partial charge in [-0.1, -0.05) is 34.1 Å². The number of methoxy groups -OCH3 is 3. The number of nitrogens with zero attached hydrogens (tertiary/aromatic N) is 1. The summed E-state index contributed by atoms with van der Waals surface area (Å²) in [7, 11) is 0.519. The second-order valence-corrected chi connectivity index (χ2v) is 10.2. The number of hydrogen-bond acceptors (Lipinski definition) is 6. The number of alkyl halides is 1. The number of rotatable bonds is 6. The van der Waals surface area contributed by atoms with E-state index >= 15 is 0 Å². The zero-order valence-corrected chi connectivity index (χ0v) is 20.2. The Labute approximate surface area is 195 Å². The molecule has 2 aromatic carbocycles. The van der Waals surface area contributed by atoms with E-state index in [1.807, 2.05) is 0 Å². The molecule has 0 aliphatic heterocycles. The molecule has 3 aromatic rings. The van der Waals surface area contributed by atoms with Crippen LogP contribution in [-0.2, 0) is 16.4 Å². The summed E-state index contributed by atoms with van der Waals surface area (Å²) in [5.41, 5.74) is 2.03. The van der Waals surface area contributed by atoms with Gasteiger partial charge in [0, 0.05) is 17.3 Å². The van der Waals surface area contributed by atoms with Crippen LogP contribution in [0.5, 0.6) is 17.2 Å². The van der Waals surface area contributed by atoms with E-state index in [0.717, 1.165) is 0 Å². The molecule has 168 valence electrons. The lowest BCUT2D eigenvalue weighted by Crippen LogP contribution is -2.21. The maximum absolute atomic E-state index is 13.6. The molecule has 0 amide bonds. The molecule has 1 aromatic heterocycles. The van der Waals surface area contributed by atoms with Gasteiger partial charge in [-0.05, 0) is 42.7 Å². The Hall–Kier alpha value is -2.78. The number of ketones is 1. The zero-order chi connectivity index (χ0) is 23.0. The molecule has 1 unspecified atom stereocenters. The first-order chi connectivity index (χ1) is 15.3. The highest BCUT2D eigenvalue weighted by molar-refractivity contribution is 9.10. The molecular formula is C23H22BrNO6S. The van der Waals surface area contributed by atoms with Crippen molar-refractivity contribution in [1.29, 1.82) is 0 Å². The van der Waals surface area contributed by atoms with Crippen LogP contribution >= 0.6 is 15.9 Å². The zero-order valence-electron chi connectivity index (χ0n) is 17.8. The van der Waals surface area contributed by atoms with Gasteiger partial charge in [-0.25, -0.2) is 12.4 Å². The number of fused-ring (bicyclic) bond motifs is 1. The quantitative estimate of drug-likeness (QED) is 0.451. The van der Waals surface area contributed by atoms with Gasteiger partial charge >= 0.3 is 0 Å². The predicted molar refractivity (Wildman–Crippen MR) is 124 cm³/mol. The maximum atomic E-state index is 13.6. The van der Waals surface area contributed by atoms with E-state index in [2.05, 4.69) is 15.9 Å². The minimum absolute atomic E-state index is 0.129. The molecule has 1 atom stereocenters. The molecule has 7 nitrogen and oxygen atoms in total.